The predicted molar refractivity (Wildman–Crippen MR) is 92.6 cm³/mol. The molecule has 1 saturated heterocycles. The van der Waals surface area contributed by atoms with Crippen molar-refractivity contribution in [1.82, 2.24) is 0 Å². The number of benzene rings is 1. The van der Waals surface area contributed by atoms with Gasteiger partial charge in [0.15, 0.2) is 0 Å². The summed E-state index contributed by atoms with van der Waals surface area (Å²) in [6.07, 6.45) is 2.31. The van der Waals surface area contributed by atoms with E-state index < -0.39 is 0 Å². The van der Waals surface area contributed by atoms with Crippen LogP contribution in [0.4, 0.5) is 0 Å². The number of carbonyl (C=O) groups excluding carboxylic acids is 1. The Bertz CT molecular complexity index is 446. The Morgan fingerprint density at radius 1 is 1.29 bits per heavy atom. The summed E-state index contributed by atoms with van der Waals surface area (Å²) in [5.41, 5.74) is 1.31. The summed E-state index contributed by atoms with van der Waals surface area (Å²) in [7, 11) is 0. The number of rotatable bonds is 4. The molecule has 1 heterocycles. The van der Waals surface area contributed by atoms with Crippen molar-refractivity contribution in [2.24, 2.45) is 5.92 Å². The number of carbonyl (C=O) groups is 1. The molecule has 0 amide bonds. The average molecular weight is 338 g/mol. The van der Waals surface area contributed by atoms with Gasteiger partial charge in [-0.05, 0) is 44.6 Å². The second-order valence-electron chi connectivity index (χ2n) is 6.28. The van der Waals surface area contributed by atoms with E-state index in [1.54, 1.807) is 6.92 Å². The van der Waals surface area contributed by atoms with E-state index in [9.17, 15) is 4.79 Å². The molecule has 0 bridgehead atoms. The van der Waals surface area contributed by atoms with Gasteiger partial charge in [-0.15, -0.1) is 0 Å². The largest absolute Gasteiger partial charge is 0.463 e. The maximum atomic E-state index is 11.4. The van der Waals surface area contributed by atoms with Gasteiger partial charge in [-0.3, -0.25) is 4.79 Å². The predicted octanol–water partition coefficient (Wildman–Crippen LogP) is 2.34. The third-order valence-electron chi connectivity index (χ3n) is 3.72. The van der Waals surface area contributed by atoms with Crippen LogP contribution in [0.15, 0.2) is 30.3 Å². The van der Waals surface area contributed by atoms with Crippen LogP contribution in [-0.4, -0.2) is 48.2 Å². The van der Waals surface area contributed by atoms with Gasteiger partial charge in [0, 0.05) is 13.2 Å². The lowest BCUT2D eigenvalue weighted by molar-refractivity contribution is -0.148. The number of aliphatic hydroxyl groups excluding tert-OH is 2. The molecule has 1 aliphatic rings. The van der Waals surface area contributed by atoms with E-state index >= 15 is 0 Å². The second kappa shape index (κ2) is 12.0. The summed E-state index contributed by atoms with van der Waals surface area (Å²) in [6, 6.07) is 10.4. The van der Waals surface area contributed by atoms with Gasteiger partial charge in [-0.25, -0.2) is 0 Å². The van der Waals surface area contributed by atoms with Crippen LogP contribution in [0.2, 0.25) is 0 Å². The Hall–Kier alpha value is -1.43. The molecular weight excluding hydrogens is 308 g/mol. The van der Waals surface area contributed by atoms with Gasteiger partial charge >= 0.3 is 5.97 Å². The van der Waals surface area contributed by atoms with Crippen LogP contribution in [0.5, 0.6) is 0 Å². The van der Waals surface area contributed by atoms with E-state index in [1.807, 2.05) is 13.0 Å². The van der Waals surface area contributed by atoms with Crippen LogP contribution in [0.3, 0.4) is 0 Å². The monoisotopic (exact) mass is 338 g/mol. The van der Waals surface area contributed by atoms with Gasteiger partial charge in [0.2, 0.25) is 0 Å². The summed E-state index contributed by atoms with van der Waals surface area (Å²) in [5, 5.41) is 16.5. The average Bonchev–Trinajstić information content (AvgIpc) is 2.59. The quantitative estimate of drug-likeness (QED) is 0.824. The van der Waals surface area contributed by atoms with Crippen molar-refractivity contribution in [3.63, 3.8) is 0 Å². The number of hydrogen-bond acceptors (Lipinski definition) is 5. The van der Waals surface area contributed by atoms with E-state index in [4.69, 9.17) is 19.7 Å². The zero-order valence-corrected chi connectivity index (χ0v) is 14.7. The minimum absolute atomic E-state index is 0.0205. The standard InChI is InChI=1S/C15H20O3.C4H10O2/c1-12-9-14(10-13-5-3-2-4-6-13)11-17-8-7-15(16)18-12;1-4(6)2-3-5/h2-6,12,14H,7-11H2,1H3;4-6H,2-3H2,1H3. The highest BCUT2D eigenvalue weighted by Gasteiger charge is 2.19. The van der Waals surface area contributed by atoms with E-state index in [-0.39, 0.29) is 24.8 Å². The van der Waals surface area contributed by atoms with Gasteiger partial charge in [0.1, 0.15) is 0 Å². The van der Waals surface area contributed by atoms with Gasteiger partial charge in [0.05, 0.1) is 25.2 Å². The smallest absolute Gasteiger partial charge is 0.308 e. The Balaban J connectivity index is 0.000000413. The Kier molecular flexibility index (Phi) is 10.3. The molecule has 1 aromatic rings. The molecule has 0 saturated carbocycles. The van der Waals surface area contributed by atoms with Crippen molar-refractivity contribution in [3.8, 4) is 0 Å². The van der Waals surface area contributed by atoms with Gasteiger partial charge in [-0.1, -0.05) is 30.3 Å². The zero-order chi connectivity index (χ0) is 17.8. The third-order valence-corrected chi connectivity index (χ3v) is 3.72. The van der Waals surface area contributed by atoms with Crippen molar-refractivity contribution >= 4 is 5.97 Å². The summed E-state index contributed by atoms with van der Waals surface area (Å²) in [6.45, 7) is 4.86. The molecule has 0 spiro atoms. The Labute approximate surface area is 144 Å². The lowest BCUT2D eigenvalue weighted by atomic mass is 9.95. The first kappa shape index (κ1) is 20.6. The second-order valence-corrected chi connectivity index (χ2v) is 6.28. The molecule has 136 valence electrons. The molecule has 0 aliphatic carbocycles. The SMILES string of the molecule is CC(O)CCO.CC1CC(Cc2ccccc2)COCCC(=O)O1. The van der Waals surface area contributed by atoms with E-state index in [2.05, 4.69) is 24.3 Å². The van der Waals surface area contributed by atoms with Crippen molar-refractivity contribution in [3.05, 3.63) is 35.9 Å². The molecule has 1 aliphatic heterocycles. The first-order valence-corrected chi connectivity index (χ1v) is 8.61. The molecule has 5 heteroatoms. The fourth-order valence-electron chi connectivity index (χ4n) is 2.55. The van der Waals surface area contributed by atoms with E-state index in [0.717, 1.165) is 12.8 Å². The summed E-state index contributed by atoms with van der Waals surface area (Å²) in [5.74, 6) is 0.260. The van der Waals surface area contributed by atoms with Crippen molar-refractivity contribution < 1.29 is 24.5 Å². The number of cyclic esters (lactones) is 1. The fraction of sp³-hybridized carbons (Fsp3) is 0.632. The van der Waals surface area contributed by atoms with Crippen molar-refractivity contribution in [1.29, 1.82) is 0 Å². The molecule has 2 N–H and O–H groups in total. The summed E-state index contributed by atoms with van der Waals surface area (Å²) in [4.78, 5) is 11.4. The maximum absolute atomic E-state index is 11.4. The Morgan fingerprint density at radius 2 is 2.00 bits per heavy atom. The number of esters is 1. The number of hydrogen-bond donors (Lipinski definition) is 2. The van der Waals surface area contributed by atoms with Crippen LogP contribution in [0.25, 0.3) is 0 Å². The topological polar surface area (TPSA) is 76.0 Å². The van der Waals surface area contributed by atoms with Crippen molar-refractivity contribution in [2.75, 3.05) is 19.8 Å². The highest BCUT2D eigenvalue weighted by atomic mass is 16.5. The molecule has 1 aromatic carbocycles. The molecule has 2 rings (SSSR count). The highest BCUT2D eigenvalue weighted by Crippen LogP contribution is 2.18. The summed E-state index contributed by atoms with van der Waals surface area (Å²) >= 11 is 0. The lowest BCUT2D eigenvalue weighted by Crippen LogP contribution is -2.20. The Morgan fingerprint density at radius 3 is 2.58 bits per heavy atom. The highest BCUT2D eigenvalue weighted by molar-refractivity contribution is 5.69. The minimum atomic E-state index is -0.352. The van der Waals surface area contributed by atoms with Gasteiger partial charge in [0.25, 0.3) is 0 Å². The van der Waals surface area contributed by atoms with Crippen LogP contribution in [-0.2, 0) is 20.7 Å². The fourth-order valence-corrected chi connectivity index (χ4v) is 2.55. The van der Waals surface area contributed by atoms with Crippen LogP contribution < -0.4 is 0 Å². The van der Waals surface area contributed by atoms with Crippen LogP contribution >= 0.6 is 0 Å². The molecule has 0 aromatic heterocycles. The first-order chi connectivity index (χ1) is 11.5. The van der Waals surface area contributed by atoms with Gasteiger partial charge < -0.3 is 19.7 Å². The minimum Gasteiger partial charge on any atom is -0.463 e. The molecule has 1 fully saturated rings. The molecule has 5 nitrogen and oxygen atoms in total. The zero-order valence-electron chi connectivity index (χ0n) is 14.7. The van der Waals surface area contributed by atoms with E-state index in [0.29, 0.717) is 32.0 Å². The van der Waals surface area contributed by atoms with Crippen molar-refractivity contribution in [2.45, 2.75) is 51.7 Å². The molecule has 0 radical (unpaired) electrons. The maximum Gasteiger partial charge on any atom is 0.308 e. The molecular formula is C19H30O5. The normalized spacial score (nSPS) is 22.9. The van der Waals surface area contributed by atoms with Gasteiger partial charge in [-0.2, -0.15) is 0 Å². The first-order valence-electron chi connectivity index (χ1n) is 8.61. The number of ether oxygens (including phenoxy) is 2. The number of aliphatic hydroxyl groups is 2. The molecule has 3 atom stereocenters. The molecule has 3 unspecified atom stereocenters. The molecule has 24 heavy (non-hydrogen) atoms. The van der Waals surface area contributed by atoms with Crippen LogP contribution in [0, 0.1) is 5.92 Å². The lowest BCUT2D eigenvalue weighted by Gasteiger charge is -2.19. The summed E-state index contributed by atoms with van der Waals surface area (Å²) < 4.78 is 10.9. The third kappa shape index (κ3) is 9.65. The van der Waals surface area contributed by atoms with Crippen LogP contribution in [0.1, 0.15) is 38.7 Å². The van der Waals surface area contributed by atoms with E-state index in [1.165, 1.54) is 5.56 Å².